The lowest BCUT2D eigenvalue weighted by molar-refractivity contribution is -0.117. The van der Waals surface area contributed by atoms with E-state index in [0.717, 1.165) is 18.4 Å². The van der Waals surface area contributed by atoms with Gasteiger partial charge in [0.1, 0.15) is 17.4 Å². The maximum atomic E-state index is 12.1. The molecule has 2 rings (SSSR count). The lowest BCUT2D eigenvalue weighted by Gasteiger charge is -2.14. The van der Waals surface area contributed by atoms with Crippen molar-refractivity contribution >= 4 is 5.91 Å². The fourth-order valence-electron chi connectivity index (χ4n) is 2.87. The van der Waals surface area contributed by atoms with Gasteiger partial charge in [-0.2, -0.15) is 5.26 Å². The molecule has 1 aromatic carbocycles. The van der Waals surface area contributed by atoms with Crippen LogP contribution in [0.2, 0.25) is 0 Å². The van der Waals surface area contributed by atoms with E-state index in [2.05, 4.69) is 10.6 Å². The van der Waals surface area contributed by atoms with E-state index in [0.29, 0.717) is 19.0 Å². The molecule has 5 nitrogen and oxygen atoms in total. The van der Waals surface area contributed by atoms with E-state index < -0.39 is 0 Å². The second-order valence-corrected chi connectivity index (χ2v) is 6.20. The van der Waals surface area contributed by atoms with E-state index in [1.165, 1.54) is 25.7 Å². The number of carbonyl (C=O) groups is 1. The second kappa shape index (κ2) is 9.61. The zero-order valence-electron chi connectivity index (χ0n) is 13.9. The summed E-state index contributed by atoms with van der Waals surface area (Å²) in [4.78, 5) is 12.1. The van der Waals surface area contributed by atoms with Crippen LogP contribution < -0.4 is 10.6 Å². The molecule has 1 saturated carbocycles. The predicted octanol–water partition coefficient (Wildman–Crippen LogP) is 2.77. The Kier molecular flexibility index (Phi) is 7.16. The Bertz CT molecular complexity index is 594. The third kappa shape index (κ3) is 5.96. The number of phenols is 1. The van der Waals surface area contributed by atoms with Crippen molar-refractivity contribution in [2.75, 3.05) is 6.54 Å². The molecule has 1 aromatic rings. The summed E-state index contributed by atoms with van der Waals surface area (Å²) in [5.41, 5.74) is 1.14. The van der Waals surface area contributed by atoms with Gasteiger partial charge in [-0.25, -0.2) is 0 Å². The van der Waals surface area contributed by atoms with Crippen LogP contribution in [0.25, 0.3) is 0 Å². The van der Waals surface area contributed by atoms with Crippen molar-refractivity contribution in [2.45, 2.75) is 51.0 Å². The molecule has 0 aliphatic heterocycles. The zero-order valence-corrected chi connectivity index (χ0v) is 13.9. The van der Waals surface area contributed by atoms with Gasteiger partial charge in [-0.1, -0.05) is 37.8 Å². The van der Waals surface area contributed by atoms with Gasteiger partial charge in [0, 0.05) is 18.8 Å². The van der Waals surface area contributed by atoms with Gasteiger partial charge in [-0.15, -0.1) is 0 Å². The van der Waals surface area contributed by atoms with E-state index in [9.17, 15) is 15.2 Å². The number of hydrogen-bond donors (Lipinski definition) is 3. The van der Waals surface area contributed by atoms with E-state index in [1.807, 2.05) is 18.2 Å². The number of aromatic hydroxyl groups is 1. The monoisotopic (exact) mass is 327 g/mol. The van der Waals surface area contributed by atoms with Crippen LogP contribution in [-0.2, 0) is 11.2 Å². The van der Waals surface area contributed by atoms with Gasteiger partial charge in [-0.3, -0.25) is 4.79 Å². The fourth-order valence-corrected chi connectivity index (χ4v) is 2.87. The molecule has 0 bridgehead atoms. The van der Waals surface area contributed by atoms with Gasteiger partial charge in [0.15, 0.2) is 0 Å². The SMILES string of the molecule is N#C/C(=C/NC1CCCCCC1)C(=O)NCCc1ccc(O)cc1. The molecule has 0 atom stereocenters. The molecule has 1 aliphatic rings. The van der Waals surface area contributed by atoms with E-state index in [4.69, 9.17) is 0 Å². The maximum Gasteiger partial charge on any atom is 0.263 e. The molecule has 5 heteroatoms. The maximum absolute atomic E-state index is 12.1. The highest BCUT2D eigenvalue weighted by atomic mass is 16.3. The van der Waals surface area contributed by atoms with Crippen LogP contribution in [0.1, 0.15) is 44.1 Å². The standard InChI is InChI=1S/C19H25N3O2/c20-13-16(14-22-17-5-3-1-2-4-6-17)19(24)21-12-11-15-7-9-18(23)10-8-15/h7-10,14,17,22-23H,1-6,11-12H2,(H,21,24)/b16-14-. The van der Waals surface area contributed by atoms with Crippen LogP contribution in [0.5, 0.6) is 5.75 Å². The van der Waals surface area contributed by atoms with Crippen LogP contribution in [0, 0.1) is 11.3 Å². The molecule has 24 heavy (non-hydrogen) atoms. The van der Waals surface area contributed by atoms with Gasteiger partial charge in [0.25, 0.3) is 5.91 Å². The average Bonchev–Trinajstić information content (AvgIpc) is 2.86. The summed E-state index contributed by atoms with van der Waals surface area (Å²) in [6.07, 6.45) is 9.34. The predicted molar refractivity (Wildman–Crippen MR) is 93.1 cm³/mol. The molecule has 0 spiro atoms. The van der Waals surface area contributed by atoms with E-state index in [-0.39, 0.29) is 17.2 Å². The van der Waals surface area contributed by atoms with Crippen molar-refractivity contribution in [1.29, 1.82) is 5.26 Å². The van der Waals surface area contributed by atoms with Crippen LogP contribution >= 0.6 is 0 Å². The minimum Gasteiger partial charge on any atom is -0.508 e. The molecule has 0 aromatic heterocycles. The topological polar surface area (TPSA) is 85.2 Å². The first-order valence-electron chi connectivity index (χ1n) is 8.61. The van der Waals surface area contributed by atoms with Gasteiger partial charge in [0.2, 0.25) is 0 Å². The van der Waals surface area contributed by atoms with Crippen molar-refractivity contribution < 1.29 is 9.90 Å². The highest BCUT2D eigenvalue weighted by Gasteiger charge is 2.12. The number of nitrogens with one attached hydrogen (secondary N) is 2. The van der Waals surface area contributed by atoms with Gasteiger partial charge in [0.05, 0.1) is 0 Å². The van der Waals surface area contributed by atoms with Gasteiger partial charge < -0.3 is 15.7 Å². The summed E-state index contributed by atoms with van der Waals surface area (Å²) in [5.74, 6) is -0.125. The Morgan fingerprint density at radius 1 is 1.21 bits per heavy atom. The number of nitrogens with zero attached hydrogens (tertiary/aromatic N) is 1. The Labute approximate surface area is 143 Å². The van der Waals surface area contributed by atoms with Crippen molar-refractivity contribution in [3.63, 3.8) is 0 Å². The highest BCUT2D eigenvalue weighted by molar-refractivity contribution is 5.97. The van der Waals surface area contributed by atoms with E-state index >= 15 is 0 Å². The number of hydrogen-bond acceptors (Lipinski definition) is 4. The first-order valence-corrected chi connectivity index (χ1v) is 8.61. The number of benzene rings is 1. The summed E-state index contributed by atoms with van der Waals surface area (Å²) < 4.78 is 0. The normalized spacial score (nSPS) is 16.0. The molecule has 128 valence electrons. The molecule has 0 saturated heterocycles. The Morgan fingerprint density at radius 3 is 2.50 bits per heavy atom. The van der Waals surface area contributed by atoms with Crippen LogP contribution in [0.15, 0.2) is 36.0 Å². The summed E-state index contributed by atoms with van der Waals surface area (Å²) >= 11 is 0. The third-order valence-electron chi connectivity index (χ3n) is 4.32. The first kappa shape index (κ1) is 17.9. The molecule has 0 radical (unpaired) electrons. The minimum atomic E-state index is -0.350. The number of rotatable bonds is 6. The minimum absolute atomic E-state index is 0.116. The number of nitriles is 1. The molecular formula is C19H25N3O2. The van der Waals surface area contributed by atoms with E-state index in [1.54, 1.807) is 18.3 Å². The molecule has 0 heterocycles. The van der Waals surface area contributed by atoms with Crippen LogP contribution in [0.4, 0.5) is 0 Å². The Morgan fingerprint density at radius 2 is 1.88 bits per heavy atom. The number of phenolic OH excluding ortho intramolecular Hbond substituents is 1. The largest absolute Gasteiger partial charge is 0.508 e. The molecule has 1 fully saturated rings. The fraction of sp³-hybridized carbons (Fsp3) is 0.474. The van der Waals surface area contributed by atoms with Crippen LogP contribution in [0.3, 0.4) is 0 Å². The summed E-state index contributed by atoms with van der Waals surface area (Å²) in [6.45, 7) is 0.450. The van der Waals surface area contributed by atoms with Gasteiger partial charge in [-0.05, 0) is 37.0 Å². The van der Waals surface area contributed by atoms with Crippen molar-refractivity contribution in [3.8, 4) is 11.8 Å². The lowest BCUT2D eigenvalue weighted by Crippen LogP contribution is -2.29. The third-order valence-corrected chi connectivity index (χ3v) is 4.32. The summed E-state index contributed by atoms with van der Waals surface area (Å²) in [6, 6.07) is 9.20. The molecule has 0 unspecified atom stereocenters. The summed E-state index contributed by atoms with van der Waals surface area (Å²) in [5, 5.41) is 24.4. The molecule has 3 N–H and O–H groups in total. The highest BCUT2D eigenvalue weighted by Crippen LogP contribution is 2.17. The van der Waals surface area contributed by atoms with Gasteiger partial charge >= 0.3 is 0 Å². The van der Waals surface area contributed by atoms with Crippen LogP contribution in [-0.4, -0.2) is 23.6 Å². The van der Waals surface area contributed by atoms with Crippen molar-refractivity contribution in [3.05, 3.63) is 41.6 Å². The zero-order chi connectivity index (χ0) is 17.2. The number of amides is 1. The van der Waals surface area contributed by atoms with Crippen molar-refractivity contribution in [1.82, 2.24) is 10.6 Å². The molecular weight excluding hydrogens is 302 g/mol. The smallest absolute Gasteiger partial charge is 0.263 e. The Hall–Kier alpha value is -2.48. The second-order valence-electron chi connectivity index (χ2n) is 6.20. The molecule has 1 aliphatic carbocycles. The average molecular weight is 327 g/mol. The number of carbonyl (C=O) groups excluding carboxylic acids is 1. The molecule has 1 amide bonds. The quantitative estimate of drug-likeness (QED) is 0.426. The van der Waals surface area contributed by atoms with Crippen molar-refractivity contribution in [2.24, 2.45) is 0 Å². The Balaban J connectivity index is 1.78. The lowest BCUT2D eigenvalue weighted by atomic mass is 10.1. The first-order chi connectivity index (χ1) is 11.7. The summed E-state index contributed by atoms with van der Waals surface area (Å²) in [7, 11) is 0.